The summed E-state index contributed by atoms with van der Waals surface area (Å²) in [5.41, 5.74) is 3.06. The largest absolute Gasteiger partial charge is 0.260 e. The van der Waals surface area contributed by atoms with Crippen molar-refractivity contribution in [3.63, 3.8) is 0 Å². The van der Waals surface area contributed by atoms with E-state index in [2.05, 4.69) is 25.8 Å². The summed E-state index contributed by atoms with van der Waals surface area (Å²) >= 11 is 0. The molecular weight excluding hydrogens is 208 g/mol. The second kappa shape index (κ2) is 3.04. The van der Waals surface area contributed by atoms with Crippen LogP contribution < -0.4 is 0 Å². The van der Waals surface area contributed by atoms with Gasteiger partial charge < -0.3 is 0 Å². The van der Waals surface area contributed by atoms with Crippen LogP contribution >= 0.6 is 0 Å². The quantitative estimate of drug-likeness (QED) is 0.736. The van der Waals surface area contributed by atoms with Gasteiger partial charge in [0.2, 0.25) is 0 Å². The van der Waals surface area contributed by atoms with Gasteiger partial charge in [-0.2, -0.15) is 0 Å². The van der Waals surface area contributed by atoms with Crippen molar-refractivity contribution in [3.8, 4) is 0 Å². The molecule has 15 heavy (non-hydrogen) atoms. The molecule has 1 aliphatic heterocycles. The highest BCUT2D eigenvalue weighted by Crippen LogP contribution is 2.33. The van der Waals surface area contributed by atoms with Gasteiger partial charge in [0, 0.05) is 11.6 Å². The van der Waals surface area contributed by atoms with Gasteiger partial charge >= 0.3 is 0 Å². The lowest BCUT2D eigenvalue weighted by Crippen LogP contribution is -2.16. The van der Waals surface area contributed by atoms with Gasteiger partial charge in [0.1, 0.15) is 0 Å². The van der Waals surface area contributed by atoms with Crippen molar-refractivity contribution in [3.05, 3.63) is 29.1 Å². The molecule has 2 rings (SSSR count). The fourth-order valence-corrected chi connectivity index (χ4v) is 3.67. The molecule has 0 amide bonds. The zero-order valence-corrected chi connectivity index (χ0v) is 10.1. The van der Waals surface area contributed by atoms with Gasteiger partial charge in [0.05, 0.1) is 26.9 Å². The Morgan fingerprint density at radius 1 is 1.40 bits per heavy atom. The van der Waals surface area contributed by atoms with Crippen LogP contribution in [-0.4, -0.2) is 9.19 Å². The first-order valence-corrected chi connectivity index (χ1v) is 6.91. The number of rotatable bonds is 0. The van der Waals surface area contributed by atoms with Gasteiger partial charge in [-0.1, -0.05) is 20.8 Å². The lowest BCUT2D eigenvalue weighted by atomic mass is 9.87. The summed E-state index contributed by atoms with van der Waals surface area (Å²) in [6.07, 6.45) is 1.76. The molecule has 0 bridgehead atoms. The Morgan fingerprint density at radius 3 is 2.67 bits per heavy atom. The van der Waals surface area contributed by atoms with Crippen LogP contribution in [0.1, 0.15) is 37.6 Å². The van der Waals surface area contributed by atoms with Gasteiger partial charge in [-0.25, -0.2) is 4.21 Å². The van der Waals surface area contributed by atoms with Crippen LogP contribution in [-0.2, 0) is 26.6 Å². The summed E-state index contributed by atoms with van der Waals surface area (Å²) < 4.78 is 19.4. The number of nitrogens with zero attached hydrogens (tertiary/aromatic N) is 1. The second-order valence-corrected chi connectivity index (χ2v) is 7.35. The number of aromatic nitrogens is 1. The van der Waals surface area contributed by atoms with E-state index in [9.17, 15) is 4.21 Å². The van der Waals surface area contributed by atoms with Crippen LogP contribution in [0, 0.1) is 4.78 Å². The average molecular weight is 224 g/mol. The van der Waals surface area contributed by atoms with Crippen LogP contribution in [0.2, 0.25) is 0 Å². The summed E-state index contributed by atoms with van der Waals surface area (Å²) in [5, 5.41) is 0. The van der Waals surface area contributed by atoms with E-state index < -0.39 is 9.73 Å². The molecule has 82 valence electrons. The second-order valence-electron chi connectivity index (χ2n) is 5.15. The third-order valence-corrected chi connectivity index (χ3v) is 4.16. The fraction of sp³-hybridized carbons (Fsp3) is 0.545. The Hall–Kier alpha value is -0.900. The Labute approximate surface area is 90.9 Å². The van der Waals surface area contributed by atoms with Crippen molar-refractivity contribution in [1.29, 1.82) is 4.78 Å². The number of nitrogens with one attached hydrogen (secondary N) is 1. The molecule has 1 aliphatic rings. The molecule has 1 unspecified atom stereocenters. The van der Waals surface area contributed by atoms with Gasteiger partial charge in [0.25, 0.3) is 0 Å². The highest BCUT2D eigenvalue weighted by molar-refractivity contribution is 7.91. The fourth-order valence-electron chi connectivity index (χ4n) is 2.01. The van der Waals surface area contributed by atoms with Crippen molar-refractivity contribution >= 4 is 9.73 Å². The van der Waals surface area contributed by atoms with E-state index in [0.717, 1.165) is 16.8 Å². The molecule has 0 aliphatic carbocycles. The van der Waals surface area contributed by atoms with E-state index in [0.29, 0.717) is 11.5 Å². The normalized spacial score (nSPS) is 25.3. The van der Waals surface area contributed by atoms with Crippen molar-refractivity contribution in [2.24, 2.45) is 0 Å². The average Bonchev–Trinajstić information content (AvgIpc) is 2.35. The maximum atomic E-state index is 11.8. The first kappa shape index (κ1) is 10.6. The first-order valence-electron chi connectivity index (χ1n) is 5.01. The van der Waals surface area contributed by atoms with Crippen LogP contribution in [0.15, 0.2) is 12.3 Å². The summed E-state index contributed by atoms with van der Waals surface area (Å²) in [5.74, 6) is 0.775. The van der Waals surface area contributed by atoms with Crippen molar-refractivity contribution < 1.29 is 4.21 Å². The van der Waals surface area contributed by atoms with E-state index in [1.54, 1.807) is 6.20 Å². The molecule has 1 aromatic rings. The molecule has 0 saturated heterocycles. The zero-order valence-electron chi connectivity index (χ0n) is 9.33. The molecule has 0 fully saturated rings. The van der Waals surface area contributed by atoms with E-state index in [4.69, 9.17) is 4.78 Å². The number of fused-ring (bicyclic) bond motifs is 1. The Morgan fingerprint density at radius 2 is 2.07 bits per heavy atom. The lowest BCUT2D eigenvalue weighted by molar-refractivity contribution is 0.563. The third kappa shape index (κ3) is 1.91. The van der Waals surface area contributed by atoms with Crippen molar-refractivity contribution in [1.82, 2.24) is 4.98 Å². The smallest absolute Gasteiger partial charge is 0.0590 e. The van der Waals surface area contributed by atoms with E-state index in [1.165, 1.54) is 0 Å². The maximum absolute atomic E-state index is 11.8. The van der Waals surface area contributed by atoms with Gasteiger partial charge in [-0.3, -0.25) is 9.76 Å². The minimum atomic E-state index is -2.43. The lowest BCUT2D eigenvalue weighted by Gasteiger charge is -2.20. The molecule has 1 aromatic heterocycles. The predicted molar refractivity (Wildman–Crippen MR) is 61.2 cm³/mol. The highest BCUT2D eigenvalue weighted by Gasteiger charge is 2.29. The van der Waals surface area contributed by atoms with E-state index in [1.807, 2.05) is 6.07 Å². The Kier molecular flexibility index (Phi) is 2.15. The molecule has 0 spiro atoms. The molecule has 2 heterocycles. The molecule has 0 radical (unpaired) electrons. The van der Waals surface area contributed by atoms with Crippen LogP contribution in [0.3, 0.4) is 0 Å². The van der Waals surface area contributed by atoms with Crippen LogP contribution in [0.4, 0.5) is 0 Å². The predicted octanol–water partition coefficient (Wildman–Crippen LogP) is 2.44. The molecule has 4 heteroatoms. The van der Waals surface area contributed by atoms with Crippen molar-refractivity contribution in [2.45, 2.75) is 37.7 Å². The molecule has 1 N–H and O–H groups in total. The Bertz CT molecular complexity index is 498. The van der Waals surface area contributed by atoms with Gasteiger partial charge in [-0.05, 0) is 17.2 Å². The van der Waals surface area contributed by atoms with Crippen molar-refractivity contribution in [2.75, 3.05) is 0 Å². The minimum absolute atomic E-state index is 0.0365. The third-order valence-electron chi connectivity index (χ3n) is 2.63. The molecule has 0 saturated carbocycles. The Balaban J connectivity index is 2.61. The maximum Gasteiger partial charge on any atom is 0.0590 e. The van der Waals surface area contributed by atoms with E-state index in [-0.39, 0.29) is 5.41 Å². The van der Waals surface area contributed by atoms with Gasteiger partial charge in [0.15, 0.2) is 0 Å². The molecule has 1 atom stereocenters. The highest BCUT2D eigenvalue weighted by atomic mass is 32.2. The SMILES string of the molecule is CC(C)(C)c1nccc2c1CS(=N)(=O)C2. The number of pyridine rings is 1. The number of hydrogen-bond acceptors (Lipinski definition) is 3. The van der Waals surface area contributed by atoms with Crippen LogP contribution in [0.5, 0.6) is 0 Å². The first-order chi connectivity index (χ1) is 6.80. The summed E-state index contributed by atoms with van der Waals surface area (Å²) in [4.78, 5) is 4.38. The summed E-state index contributed by atoms with van der Waals surface area (Å²) in [7, 11) is -2.43. The molecule has 0 aromatic carbocycles. The molecular formula is C11H16N2OS. The standard InChI is InChI=1S/C11H16N2OS/c1-11(2,3)10-9-7-15(12,14)6-8(9)4-5-13-10/h4-5,12H,6-7H2,1-3H3. The van der Waals surface area contributed by atoms with E-state index >= 15 is 0 Å². The number of hydrogen-bond donors (Lipinski definition) is 1. The monoisotopic (exact) mass is 224 g/mol. The van der Waals surface area contributed by atoms with Crippen LogP contribution in [0.25, 0.3) is 0 Å². The topological polar surface area (TPSA) is 53.8 Å². The van der Waals surface area contributed by atoms with Gasteiger partial charge in [-0.15, -0.1) is 0 Å². The zero-order chi connectivity index (χ0) is 11.3. The minimum Gasteiger partial charge on any atom is -0.260 e. The molecule has 3 nitrogen and oxygen atoms in total. The summed E-state index contributed by atoms with van der Waals surface area (Å²) in [6.45, 7) is 6.29. The summed E-state index contributed by atoms with van der Waals surface area (Å²) in [6, 6.07) is 1.89.